The molecule has 0 amide bonds. The van der Waals surface area contributed by atoms with Crippen molar-refractivity contribution in [1.82, 2.24) is 0 Å². The van der Waals surface area contributed by atoms with Gasteiger partial charge in [-0.2, -0.15) is 13.2 Å². The number of carbonyl (C=O) groups is 1. The first-order chi connectivity index (χ1) is 9.30. The normalized spacial score (nSPS) is 11.4. The highest BCUT2D eigenvalue weighted by atomic mass is 35.5. The number of alkyl halides is 3. The second-order valence-electron chi connectivity index (χ2n) is 4.04. The molecule has 0 radical (unpaired) electrons. The summed E-state index contributed by atoms with van der Waals surface area (Å²) in [6.45, 7) is 0. The van der Waals surface area contributed by atoms with Gasteiger partial charge in [-0.15, -0.1) is 0 Å². The van der Waals surface area contributed by atoms with Gasteiger partial charge in [-0.3, -0.25) is 0 Å². The number of aromatic carboxylic acids is 1. The van der Waals surface area contributed by atoms with Gasteiger partial charge in [0.2, 0.25) is 0 Å². The van der Waals surface area contributed by atoms with Crippen LogP contribution in [-0.2, 0) is 6.18 Å². The van der Waals surface area contributed by atoms with Crippen LogP contribution in [0.4, 0.5) is 13.2 Å². The summed E-state index contributed by atoms with van der Waals surface area (Å²) in [5.74, 6) is -1.23. The predicted octanol–water partition coefficient (Wildman–Crippen LogP) is 4.72. The van der Waals surface area contributed by atoms with Crippen LogP contribution in [0, 0.1) is 0 Å². The van der Waals surface area contributed by atoms with Gasteiger partial charge in [0, 0.05) is 0 Å². The van der Waals surface area contributed by atoms with Gasteiger partial charge in [0.25, 0.3) is 0 Å². The number of carboxylic acids is 1. The molecule has 0 aliphatic heterocycles. The lowest BCUT2D eigenvalue weighted by Gasteiger charge is -2.13. The molecule has 0 bridgehead atoms. The van der Waals surface area contributed by atoms with Crippen LogP contribution in [0.3, 0.4) is 0 Å². The lowest BCUT2D eigenvalue weighted by Crippen LogP contribution is -2.07. The van der Waals surface area contributed by atoms with Crippen molar-refractivity contribution in [1.29, 1.82) is 0 Å². The number of halogens is 4. The molecule has 2 aromatic rings. The lowest BCUT2D eigenvalue weighted by molar-refractivity contribution is -0.137. The van der Waals surface area contributed by atoms with Crippen LogP contribution in [0.5, 0.6) is 0 Å². The SMILES string of the molecule is O=C(O)c1ccc(-c2ccccc2C(F)(F)F)cc1Cl. The van der Waals surface area contributed by atoms with E-state index in [-0.39, 0.29) is 21.7 Å². The fourth-order valence-corrected chi connectivity index (χ4v) is 2.10. The van der Waals surface area contributed by atoms with E-state index >= 15 is 0 Å². The number of rotatable bonds is 2. The molecular weight excluding hydrogens is 293 g/mol. The molecule has 20 heavy (non-hydrogen) atoms. The molecule has 0 aliphatic carbocycles. The molecule has 0 spiro atoms. The summed E-state index contributed by atoms with van der Waals surface area (Å²) >= 11 is 5.78. The van der Waals surface area contributed by atoms with Crippen LogP contribution in [0.15, 0.2) is 42.5 Å². The summed E-state index contributed by atoms with van der Waals surface area (Å²) < 4.78 is 38.7. The molecule has 2 nitrogen and oxygen atoms in total. The van der Waals surface area contributed by atoms with E-state index in [1.54, 1.807) is 0 Å². The van der Waals surface area contributed by atoms with E-state index in [0.29, 0.717) is 0 Å². The Hall–Kier alpha value is -2.01. The van der Waals surface area contributed by atoms with Crippen LogP contribution in [-0.4, -0.2) is 11.1 Å². The van der Waals surface area contributed by atoms with Gasteiger partial charge in [0.15, 0.2) is 0 Å². The number of hydrogen-bond acceptors (Lipinski definition) is 1. The van der Waals surface area contributed by atoms with E-state index in [1.807, 2.05) is 0 Å². The molecule has 2 rings (SSSR count). The van der Waals surface area contributed by atoms with Gasteiger partial charge in [0.1, 0.15) is 0 Å². The zero-order valence-corrected chi connectivity index (χ0v) is 10.7. The first kappa shape index (κ1) is 14.4. The van der Waals surface area contributed by atoms with E-state index in [9.17, 15) is 18.0 Å². The average Bonchev–Trinajstić information content (AvgIpc) is 2.37. The zero-order valence-electron chi connectivity index (χ0n) is 9.91. The van der Waals surface area contributed by atoms with Crippen LogP contribution < -0.4 is 0 Å². The molecule has 0 aliphatic rings. The van der Waals surface area contributed by atoms with Crippen LogP contribution in [0.1, 0.15) is 15.9 Å². The molecule has 2 aromatic carbocycles. The molecule has 6 heteroatoms. The predicted molar refractivity (Wildman–Crippen MR) is 68.8 cm³/mol. The molecule has 0 aromatic heterocycles. The van der Waals surface area contributed by atoms with Gasteiger partial charge in [0.05, 0.1) is 16.1 Å². The maximum Gasteiger partial charge on any atom is 0.417 e. The third kappa shape index (κ3) is 2.77. The van der Waals surface area contributed by atoms with Crippen molar-refractivity contribution in [3.63, 3.8) is 0 Å². The first-order valence-electron chi connectivity index (χ1n) is 5.50. The molecule has 1 N–H and O–H groups in total. The summed E-state index contributed by atoms with van der Waals surface area (Å²) in [4.78, 5) is 10.8. The van der Waals surface area contributed by atoms with E-state index in [0.717, 1.165) is 6.07 Å². The lowest BCUT2D eigenvalue weighted by atomic mass is 9.98. The molecular formula is C14H8ClF3O2. The molecule has 0 unspecified atom stereocenters. The average molecular weight is 301 g/mol. The Labute approximate surface area is 117 Å². The highest BCUT2D eigenvalue weighted by molar-refractivity contribution is 6.33. The smallest absolute Gasteiger partial charge is 0.417 e. The fraction of sp³-hybridized carbons (Fsp3) is 0.0714. The summed E-state index contributed by atoms with van der Waals surface area (Å²) in [6, 6.07) is 8.76. The van der Waals surface area contributed by atoms with E-state index in [2.05, 4.69) is 0 Å². The Morgan fingerprint density at radius 2 is 1.75 bits per heavy atom. The maximum atomic E-state index is 12.9. The van der Waals surface area contributed by atoms with Crippen molar-refractivity contribution >= 4 is 17.6 Å². The van der Waals surface area contributed by atoms with E-state index in [4.69, 9.17) is 16.7 Å². The maximum absolute atomic E-state index is 12.9. The molecule has 0 fully saturated rings. The van der Waals surface area contributed by atoms with Gasteiger partial charge < -0.3 is 5.11 Å². The Morgan fingerprint density at radius 3 is 2.30 bits per heavy atom. The number of hydrogen-bond donors (Lipinski definition) is 1. The summed E-state index contributed by atoms with van der Waals surface area (Å²) in [5.41, 5.74) is -0.772. The van der Waals surface area contributed by atoms with E-state index in [1.165, 1.54) is 36.4 Å². The summed E-state index contributed by atoms with van der Waals surface area (Å²) in [7, 11) is 0. The topological polar surface area (TPSA) is 37.3 Å². The third-order valence-corrected chi connectivity index (χ3v) is 3.06. The van der Waals surface area contributed by atoms with Crippen molar-refractivity contribution in [2.24, 2.45) is 0 Å². The minimum atomic E-state index is -4.49. The minimum absolute atomic E-state index is 0.0427. The molecule has 104 valence electrons. The summed E-state index contributed by atoms with van der Waals surface area (Å²) in [6.07, 6.45) is -4.49. The second-order valence-corrected chi connectivity index (χ2v) is 4.45. The second kappa shape index (κ2) is 5.17. The largest absolute Gasteiger partial charge is 0.478 e. The highest BCUT2D eigenvalue weighted by Crippen LogP contribution is 2.37. The third-order valence-electron chi connectivity index (χ3n) is 2.74. The highest BCUT2D eigenvalue weighted by Gasteiger charge is 2.33. The standard InChI is InChI=1S/C14H8ClF3O2/c15-12-7-8(5-6-10(12)13(19)20)9-3-1-2-4-11(9)14(16,17)18/h1-7H,(H,19,20). The quantitative estimate of drug-likeness (QED) is 0.871. The van der Waals surface area contributed by atoms with Gasteiger partial charge in [-0.1, -0.05) is 35.9 Å². The Balaban J connectivity index is 2.59. The monoisotopic (exact) mass is 300 g/mol. The van der Waals surface area contributed by atoms with E-state index < -0.39 is 17.7 Å². The Bertz CT molecular complexity index is 666. The van der Waals surface area contributed by atoms with Crippen LogP contribution in [0.2, 0.25) is 5.02 Å². The van der Waals surface area contributed by atoms with Crippen LogP contribution >= 0.6 is 11.6 Å². The molecule has 0 atom stereocenters. The number of benzene rings is 2. The van der Waals surface area contributed by atoms with Gasteiger partial charge >= 0.3 is 12.1 Å². The Morgan fingerprint density at radius 1 is 1.10 bits per heavy atom. The Kier molecular flexibility index (Phi) is 3.72. The van der Waals surface area contributed by atoms with Gasteiger partial charge in [-0.25, -0.2) is 4.79 Å². The number of carboxylic acid groups (broad SMARTS) is 1. The zero-order chi connectivity index (χ0) is 14.9. The summed E-state index contributed by atoms with van der Waals surface area (Å²) in [5, 5.41) is 8.74. The molecule has 0 saturated carbocycles. The van der Waals surface area contributed by atoms with Gasteiger partial charge in [-0.05, 0) is 29.3 Å². The van der Waals surface area contributed by atoms with Crippen LogP contribution in [0.25, 0.3) is 11.1 Å². The van der Waals surface area contributed by atoms with Crippen molar-refractivity contribution in [3.8, 4) is 11.1 Å². The molecule has 0 heterocycles. The van der Waals surface area contributed by atoms with Crippen molar-refractivity contribution in [2.45, 2.75) is 6.18 Å². The van der Waals surface area contributed by atoms with Crippen molar-refractivity contribution in [3.05, 3.63) is 58.6 Å². The minimum Gasteiger partial charge on any atom is -0.478 e. The fourth-order valence-electron chi connectivity index (χ4n) is 1.84. The first-order valence-corrected chi connectivity index (χ1v) is 5.88. The van der Waals surface area contributed by atoms with Crippen molar-refractivity contribution < 1.29 is 23.1 Å². The van der Waals surface area contributed by atoms with Crippen molar-refractivity contribution in [2.75, 3.05) is 0 Å². The molecule has 0 saturated heterocycles.